The minimum Gasteiger partial charge on any atom is -0.235 e. The van der Waals surface area contributed by atoms with Crippen LogP contribution >= 0.6 is 22.9 Å². The minimum absolute atomic E-state index is 0.556. The molecule has 0 aliphatic rings. The van der Waals surface area contributed by atoms with Gasteiger partial charge in [-0.1, -0.05) is 61.8 Å². The SMILES string of the molecule is CC(C)Cc1ccc(-c2csc(/C(C#N)=C\c3ccc(Cl)cc3)n2)cc1. The summed E-state index contributed by atoms with van der Waals surface area (Å²) in [6.07, 6.45) is 2.91. The van der Waals surface area contributed by atoms with E-state index in [0.717, 1.165) is 28.2 Å². The fourth-order valence-electron chi connectivity index (χ4n) is 2.68. The van der Waals surface area contributed by atoms with Crippen LogP contribution in [-0.4, -0.2) is 4.98 Å². The Morgan fingerprint density at radius 2 is 1.85 bits per heavy atom. The van der Waals surface area contributed by atoms with Gasteiger partial charge in [-0.2, -0.15) is 5.26 Å². The summed E-state index contributed by atoms with van der Waals surface area (Å²) >= 11 is 7.40. The van der Waals surface area contributed by atoms with Gasteiger partial charge in [0.05, 0.1) is 11.3 Å². The van der Waals surface area contributed by atoms with Crippen molar-refractivity contribution in [2.24, 2.45) is 5.92 Å². The lowest BCUT2D eigenvalue weighted by Crippen LogP contribution is -1.93. The zero-order valence-corrected chi connectivity index (χ0v) is 16.3. The van der Waals surface area contributed by atoms with Crippen molar-refractivity contribution < 1.29 is 0 Å². The van der Waals surface area contributed by atoms with Crippen LogP contribution in [-0.2, 0) is 6.42 Å². The Balaban J connectivity index is 1.84. The summed E-state index contributed by atoms with van der Waals surface area (Å²) in [7, 11) is 0. The van der Waals surface area contributed by atoms with E-state index in [-0.39, 0.29) is 0 Å². The highest BCUT2D eigenvalue weighted by molar-refractivity contribution is 7.11. The van der Waals surface area contributed by atoms with E-state index < -0.39 is 0 Å². The van der Waals surface area contributed by atoms with Crippen molar-refractivity contribution in [3.05, 3.63) is 75.1 Å². The molecule has 2 aromatic carbocycles. The van der Waals surface area contributed by atoms with Crippen LogP contribution in [0.4, 0.5) is 0 Å². The smallest absolute Gasteiger partial charge is 0.134 e. The fourth-order valence-corrected chi connectivity index (χ4v) is 3.60. The third kappa shape index (κ3) is 4.60. The van der Waals surface area contributed by atoms with Crippen molar-refractivity contribution in [2.75, 3.05) is 0 Å². The molecule has 0 saturated heterocycles. The van der Waals surface area contributed by atoms with Crippen molar-refractivity contribution in [2.45, 2.75) is 20.3 Å². The molecule has 0 amide bonds. The molecule has 4 heteroatoms. The van der Waals surface area contributed by atoms with E-state index in [1.165, 1.54) is 16.9 Å². The summed E-state index contributed by atoms with van der Waals surface area (Å²) in [4.78, 5) is 4.66. The minimum atomic E-state index is 0.556. The van der Waals surface area contributed by atoms with Crippen molar-refractivity contribution in [3.8, 4) is 17.3 Å². The average Bonchev–Trinajstić information content (AvgIpc) is 3.11. The Morgan fingerprint density at radius 1 is 1.15 bits per heavy atom. The topological polar surface area (TPSA) is 36.7 Å². The average molecular weight is 379 g/mol. The second-order valence-corrected chi connectivity index (χ2v) is 7.85. The van der Waals surface area contributed by atoms with Crippen molar-refractivity contribution in [3.63, 3.8) is 0 Å². The Labute approximate surface area is 163 Å². The number of nitrogens with zero attached hydrogens (tertiary/aromatic N) is 2. The standard InChI is InChI=1S/C22H19ClN2S/c1-15(2)11-16-3-7-18(8-4-16)21-14-26-22(25-21)19(13-24)12-17-5-9-20(23)10-6-17/h3-10,12,14-15H,11H2,1-2H3/b19-12-. The monoisotopic (exact) mass is 378 g/mol. The van der Waals surface area contributed by atoms with Gasteiger partial charge in [0.25, 0.3) is 0 Å². The van der Waals surface area contributed by atoms with Crippen molar-refractivity contribution >= 4 is 34.6 Å². The first-order valence-electron chi connectivity index (χ1n) is 8.47. The summed E-state index contributed by atoms with van der Waals surface area (Å²) in [6, 6.07) is 18.2. The van der Waals surface area contributed by atoms with Crippen LogP contribution in [0.1, 0.15) is 30.0 Å². The van der Waals surface area contributed by atoms with E-state index in [1.807, 2.05) is 35.7 Å². The maximum atomic E-state index is 9.52. The van der Waals surface area contributed by atoms with Crippen molar-refractivity contribution in [1.29, 1.82) is 5.26 Å². The third-order valence-corrected chi connectivity index (χ3v) is 5.06. The molecule has 0 spiro atoms. The molecule has 0 radical (unpaired) electrons. The van der Waals surface area contributed by atoms with Gasteiger partial charge >= 0.3 is 0 Å². The van der Waals surface area contributed by atoms with Crippen LogP contribution in [0, 0.1) is 17.2 Å². The van der Waals surface area contributed by atoms with Gasteiger partial charge in [-0.3, -0.25) is 0 Å². The van der Waals surface area contributed by atoms with Gasteiger partial charge in [-0.05, 0) is 41.7 Å². The Kier molecular flexibility index (Phi) is 5.88. The second-order valence-electron chi connectivity index (χ2n) is 6.55. The number of allylic oxidation sites excluding steroid dienone is 1. The number of benzene rings is 2. The molecule has 0 N–H and O–H groups in total. The Morgan fingerprint density at radius 3 is 2.46 bits per heavy atom. The maximum Gasteiger partial charge on any atom is 0.134 e. The number of halogens is 1. The molecule has 0 atom stereocenters. The van der Waals surface area contributed by atoms with Crippen LogP contribution < -0.4 is 0 Å². The summed E-state index contributed by atoms with van der Waals surface area (Å²) in [5.41, 5.74) is 4.79. The number of hydrogen-bond acceptors (Lipinski definition) is 3. The van der Waals surface area contributed by atoms with E-state index in [4.69, 9.17) is 11.6 Å². The highest BCUT2D eigenvalue weighted by atomic mass is 35.5. The first kappa shape index (κ1) is 18.4. The maximum absolute atomic E-state index is 9.52. The molecule has 0 bridgehead atoms. The zero-order valence-electron chi connectivity index (χ0n) is 14.7. The predicted molar refractivity (Wildman–Crippen MR) is 111 cm³/mol. The molecule has 3 rings (SSSR count). The molecule has 26 heavy (non-hydrogen) atoms. The molecule has 1 aromatic heterocycles. The highest BCUT2D eigenvalue weighted by Gasteiger charge is 2.09. The molecule has 0 aliphatic carbocycles. The summed E-state index contributed by atoms with van der Waals surface area (Å²) in [6.45, 7) is 4.44. The van der Waals surface area contributed by atoms with Gasteiger partial charge < -0.3 is 0 Å². The number of hydrogen-bond donors (Lipinski definition) is 0. The normalized spacial score (nSPS) is 11.6. The molecule has 2 nitrogen and oxygen atoms in total. The number of aromatic nitrogens is 1. The van der Waals surface area contributed by atoms with Crippen LogP contribution in [0.5, 0.6) is 0 Å². The molecule has 1 heterocycles. The molecule has 0 saturated carbocycles. The van der Waals surface area contributed by atoms with Gasteiger partial charge in [-0.15, -0.1) is 11.3 Å². The molecule has 0 aliphatic heterocycles. The summed E-state index contributed by atoms with van der Waals surface area (Å²) in [5.74, 6) is 0.642. The van der Waals surface area contributed by atoms with Gasteiger partial charge in [-0.25, -0.2) is 4.98 Å². The quantitative estimate of drug-likeness (QED) is 0.461. The van der Waals surface area contributed by atoms with Crippen LogP contribution in [0.3, 0.4) is 0 Å². The molecule has 0 unspecified atom stereocenters. The first-order valence-corrected chi connectivity index (χ1v) is 9.73. The second kappa shape index (κ2) is 8.31. The molecular formula is C22H19ClN2S. The molecule has 0 fully saturated rings. The Hall–Kier alpha value is -2.41. The van der Waals surface area contributed by atoms with E-state index in [1.54, 1.807) is 0 Å². The van der Waals surface area contributed by atoms with E-state index in [0.29, 0.717) is 16.5 Å². The lowest BCUT2D eigenvalue weighted by atomic mass is 10.0. The summed E-state index contributed by atoms with van der Waals surface area (Å²) in [5, 5.41) is 12.9. The van der Waals surface area contributed by atoms with Gasteiger partial charge in [0.15, 0.2) is 0 Å². The lowest BCUT2D eigenvalue weighted by molar-refractivity contribution is 0.647. The summed E-state index contributed by atoms with van der Waals surface area (Å²) < 4.78 is 0. The van der Waals surface area contributed by atoms with Gasteiger partial charge in [0.1, 0.15) is 11.1 Å². The van der Waals surface area contributed by atoms with Gasteiger partial charge in [0.2, 0.25) is 0 Å². The number of rotatable bonds is 5. The fraction of sp³-hybridized carbons (Fsp3) is 0.182. The molecule has 130 valence electrons. The first-order chi connectivity index (χ1) is 12.5. The predicted octanol–water partition coefficient (Wildman–Crippen LogP) is 6.73. The van der Waals surface area contributed by atoms with Crippen LogP contribution in [0.15, 0.2) is 53.9 Å². The van der Waals surface area contributed by atoms with E-state index >= 15 is 0 Å². The zero-order chi connectivity index (χ0) is 18.5. The van der Waals surface area contributed by atoms with E-state index in [9.17, 15) is 5.26 Å². The third-order valence-electron chi connectivity index (χ3n) is 3.93. The largest absolute Gasteiger partial charge is 0.235 e. The van der Waals surface area contributed by atoms with E-state index in [2.05, 4.69) is 49.2 Å². The lowest BCUT2D eigenvalue weighted by Gasteiger charge is -2.05. The number of nitriles is 1. The molecule has 3 aromatic rings. The Bertz CT molecular complexity index is 945. The van der Waals surface area contributed by atoms with Gasteiger partial charge in [0, 0.05) is 16.0 Å². The highest BCUT2D eigenvalue weighted by Crippen LogP contribution is 2.28. The number of thiazole rings is 1. The van der Waals surface area contributed by atoms with Crippen LogP contribution in [0.25, 0.3) is 22.9 Å². The van der Waals surface area contributed by atoms with Crippen LogP contribution in [0.2, 0.25) is 5.02 Å². The molecular weight excluding hydrogens is 360 g/mol. The van der Waals surface area contributed by atoms with Crippen molar-refractivity contribution in [1.82, 2.24) is 4.98 Å².